The molecule has 2 rings (SSSR count). The molecule has 5 nitrogen and oxygen atoms in total. The predicted octanol–water partition coefficient (Wildman–Crippen LogP) is 2.07. The lowest BCUT2D eigenvalue weighted by Gasteiger charge is -2.23. The van der Waals surface area contributed by atoms with E-state index in [4.69, 9.17) is 5.73 Å². The van der Waals surface area contributed by atoms with Crippen molar-refractivity contribution in [1.82, 2.24) is 4.31 Å². The number of nitrogen functional groups attached to an aromatic ring is 1. The molecule has 0 radical (unpaired) electrons. The van der Waals surface area contributed by atoms with E-state index in [9.17, 15) is 8.42 Å². The predicted molar refractivity (Wildman–Crippen MR) is 90.3 cm³/mol. The third kappa shape index (κ3) is 3.84. The molecule has 3 N–H and O–H groups in total. The molecule has 7 heteroatoms. The van der Waals surface area contributed by atoms with Gasteiger partial charge >= 0.3 is 0 Å². The van der Waals surface area contributed by atoms with E-state index in [0.717, 1.165) is 6.54 Å². The van der Waals surface area contributed by atoms with E-state index >= 15 is 0 Å². The molecule has 0 saturated carbocycles. The first-order valence-corrected chi connectivity index (χ1v) is 9.65. The Balaban J connectivity index is 2.14. The van der Waals surface area contributed by atoms with E-state index in [1.165, 1.54) is 42.7 Å². The Hall–Kier alpha value is -0.920. The Kier molecular flexibility index (Phi) is 5.40. The fourth-order valence-electron chi connectivity index (χ4n) is 2.32. The summed E-state index contributed by atoms with van der Waals surface area (Å²) in [7, 11) is -0.491. The zero-order valence-corrected chi connectivity index (χ0v) is 14.1. The van der Waals surface area contributed by atoms with Gasteiger partial charge in [0, 0.05) is 20.6 Å². The average molecular weight is 329 g/mol. The Labute approximate surface area is 131 Å². The highest BCUT2D eigenvalue weighted by atomic mass is 32.2. The van der Waals surface area contributed by atoms with Crippen LogP contribution < -0.4 is 11.1 Å². The maximum absolute atomic E-state index is 12.2. The van der Waals surface area contributed by atoms with Gasteiger partial charge in [-0.05, 0) is 42.4 Å². The van der Waals surface area contributed by atoms with E-state index in [1.807, 2.05) is 17.8 Å². The van der Waals surface area contributed by atoms with Crippen LogP contribution in [0.4, 0.5) is 11.4 Å². The van der Waals surface area contributed by atoms with Crippen molar-refractivity contribution in [3.05, 3.63) is 18.2 Å². The van der Waals surface area contributed by atoms with Gasteiger partial charge in [0.1, 0.15) is 4.90 Å². The first kappa shape index (κ1) is 16.5. The maximum Gasteiger partial charge on any atom is 0.244 e. The number of nitrogens with two attached hydrogens (primary N) is 1. The van der Waals surface area contributed by atoms with Crippen LogP contribution in [-0.2, 0) is 10.0 Å². The number of sulfonamides is 1. The summed E-state index contributed by atoms with van der Waals surface area (Å²) in [4.78, 5) is 0.164. The quantitative estimate of drug-likeness (QED) is 0.809. The van der Waals surface area contributed by atoms with E-state index in [1.54, 1.807) is 12.1 Å². The standard InChI is InChI=1S/C14H23N3O2S2/c1-17(2)21(18,19)13-5-3-4-12(14(13)15)16-10-11-6-8-20-9-7-11/h3-5,11,16H,6-10,15H2,1-2H3. The molecular formula is C14H23N3O2S2. The largest absolute Gasteiger partial charge is 0.396 e. The van der Waals surface area contributed by atoms with Gasteiger partial charge in [-0.25, -0.2) is 12.7 Å². The normalized spacial score (nSPS) is 17.1. The molecule has 0 spiro atoms. The van der Waals surface area contributed by atoms with Crippen LogP contribution in [0.2, 0.25) is 0 Å². The number of thioether (sulfide) groups is 1. The van der Waals surface area contributed by atoms with Crippen molar-refractivity contribution >= 4 is 33.2 Å². The summed E-state index contributed by atoms with van der Waals surface area (Å²) < 4.78 is 25.6. The van der Waals surface area contributed by atoms with Crippen molar-refractivity contribution in [3.8, 4) is 0 Å². The third-order valence-corrected chi connectivity index (χ3v) is 6.67. The van der Waals surface area contributed by atoms with Gasteiger partial charge in [0.2, 0.25) is 10.0 Å². The highest BCUT2D eigenvalue weighted by Gasteiger charge is 2.22. The SMILES string of the molecule is CN(C)S(=O)(=O)c1cccc(NCC2CCSCC2)c1N. The van der Waals surface area contributed by atoms with Crippen LogP contribution in [0.1, 0.15) is 12.8 Å². The zero-order valence-electron chi connectivity index (χ0n) is 12.5. The molecule has 1 aromatic rings. The lowest BCUT2D eigenvalue weighted by Crippen LogP contribution is -2.24. The molecular weight excluding hydrogens is 306 g/mol. The number of hydrogen-bond acceptors (Lipinski definition) is 5. The Bertz CT molecular complexity index is 582. The molecule has 0 bridgehead atoms. The van der Waals surface area contributed by atoms with Gasteiger partial charge in [0.15, 0.2) is 0 Å². The minimum Gasteiger partial charge on any atom is -0.396 e. The molecule has 0 unspecified atom stereocenters. The van der Waals surface area contributed by atoms with Crippen molar-refractivity contribution in [3.63, 3.8) is 0 Å². The highest BCUT2D eigenvalue weighted by Crippen LogP contribution is 2.29. The van der Waals surface area contributed by atoms with Crippen molar-refractivity contribution in [2.75, 3.05) is 43.2 Å². The molecule has 21 heavy (non-hydrogen) atoms. The summed E-state index contributed by atoms with van der Waals surface area (Å²) in [5.41, 5.74) is 7.06. The van der Waals surface area contributed by atoms with Crippen LogP contribution in [0.5, 0.6) is 0 Å². The van der Waals surface area contributed by atoms with Gasteiger partial charge in [0.25, 0.3) is 0 Å². The number of benzene rings is 1. The molecule has 1 saturated heterocycles. The second kappa shape index (κ2) is 6.89. The Morgan fingerprint density at radius 3 is 2.62 bits per heavy atom. The molecule has 0 aliphatic carbocycles. The molecule has 1 fully saturated rings. The molecule has 1 aliphatic heterocycles. The van der Waals surface area contributed by atoms with Gasteiger partial charge < -0.3 is 11.1 Å². The van der Waals surface area contributed by atoms with Crippen molar-refractivity contribution in [2.45, 2.75) is 17.7 Å². The monoisotopic (exact) mass is 329 g/mol. The number of nitrogens with one attached hydrogen (secondary N) is 1. The van der Waals surface area contributed by atoms with Gasteiger partial charge in [-0.1, -0.05) is 6.07 Å². The molecule has 118 valence electrons. The summed E-state index contributed by atoms with van der Waals surface area (Å²) in [6.07, 6.45) is 2.40. The Morgan fingerprint density at radius 2 is 2.00 bits per heavy atom. The zero-order chi connectivity index (χ0) is 15.5. The first-order chi connectivity index (χ1) is 9.93. The highest BCUT2D eigenvalue weighted by molar-refractivity contribution is 7.99. The first-order valence-electron chi connectivity index (χ1n) is 7.05. The second-order valence-electron chi connectivity index (χ2n) is 5.44. The molecule has 0 aromatic heterocycles. The molecule has 0 atom stereocenters. The van der Waals surface area contributed by atoms with Crippen LogP contribution >= 0.6 is 11.8 Å². The second-order valence-corrected chi connectivity index (χ2v) is 8.79. The molecule has 1 aliphatic rings. The number of anilines is 2. The van der Waals surface area contributed by atoms with Crippen molar-refractivity contribution < 1.29 is 8.42 Å². The maximum atomic E-state index is 12.2. The summed E-state index contributed by atoms with van der Waals surface area (Å²) in [6.45, 7) is 0.843. The van der Waals surface area contributed by atoms with Crippen molar-refractivity contribution in [1.29, 1.82) is 0 Å². The number of nitrogens with zero attached hydrogens (tertiary/aromatic N) is 1. The van der Waals surface area contributed by atoms with Crippen LogP contribution in [0.3, 0.4) is 0 Å². The lowest BCUT2D eigenvalue weighted by atomic mass is 10.0. The van der Waals surface area contributed by atoms with Gasteiger partial charge in [-0.15, -0.1) is 0 Å². The van der Waals surface area contributed by atoms with Crippen LogP contribution in [0, 0.1) is 5.92 Å². The van der Waals surface area contributed by atoms with Gasteiger partial charge in [0.05, 0.1) is 11.4 Å². The Morgan fingerprint density at radius 1 is 1.33 bits per heavy atom. The smallest absolute Gasteiger partial charge is 0.244 e. The fraction of sp³-hybridized carbons (Fsp3) is 0.571. The lowest BCUT2D eigenvalue weighted by molar-refractivity contribution is 0.516. The molecule has 1 aromatic carbocycles. The van der Waals surface area contributed by atoms with Crippen molar-refractivity contribution in [2.24, 2.45) is 5.92 Å². The topological polar surface area (TPSA) is 75.4 Å². The van der Waals surface area contributed by atoms with Crippen LogP contribution in [0.15, 0.2) is 23.1 Å². The average Bonchev–Trinajstić information content (AvgIpc) is 2.47. The fourth-order valence-corrected chi connectivity index (χ4v) is 4.56. The molecule has 0 amide bonds. The minimum absolute atomic E-state index is 0.164. The van der Waals surface area contributed by atoms with E-state index in [-0.39, 0.29) is 4.90 Å². The summed E-state index contributed by atoms with van der Waals surface area (Å²) in [5, 5.41) is 3.32. The van der Waals surface area contributed by atoms with Crippen LogP contribution in [-0.4, -0.2) is 44.9 Å². The minimum atomic E-state index is -3.51. The molecule has 1 heterocycles. The van der Waals surface area contributed by atoms with Gasteiger partial charge in [-0.3, -0.25) is 0 Å². The third-order valence-electron chi connectivity index (χ3n) is 3.75. The number of para-hydroxylation sites is 1. The number of hydrogen-bond donors (Lipinski definition) is 2. The van der Waals surface area contributed by atoms with Gasteiger partial charge in [-0.2, -0.15) is 11.8 Å². The van der Waals surface area contributed by atoms with E-state index < -0.39 is 10.0 Å². The summed E-state index contributed by atoms with van der Waals surface area (Å²) >= 11 is 2.00. The summed E-state index contributed by atoms with van der Waals surface area (Å²) in [5.74, 6) is 3.05. The van der Waals surface area contributed by atoms with E-state index in [0.29, 0.717) is 17.3 Å². The summed E-state index contributed by atoms with van der Waals surface area (Å²) in [6, 6.07) is 5.11. The van der Waals surface area contributed by atoms with E-state index in [2.05, 4.69) is 5.32 Å². The number of rotatable bonds is 5. The van der Waals surface area contributed by atoms with Crippen LogP contribution in [0.25, 0.3) is 0 Å².